The van der Waals surface area contributed by atoms with Gasteiger partial charge < -0.3 is 14.7 Å². The molecule has 5 nitrogen and oxygen atoms in total. The molecular weight excluding hydrogens is 330 g/mol. The van der Waals surface area contributed by atoms with Crippen LogP contribution in [-0.2, 0) is 27.3 Å². The summed E-state index contributed by atoms with van der Waals surface area (Å²) >= 11 is 0. The number of carboxylic acids is 1. The van der Waals surface area contributed by atoms with E-state index in [1.807, 2.05) is 60.7 Å². The third-order valence-electron chi connectivity index (χ3n) is 4.61. The van der Waals surface area contributed by atoms with Crippen molar-refractivity contribution >= 4 is 11.9 Å². The number of aliphatic carboxylic acids is 1. The van der Waals surface area contributed by atoms with Gasteiger partial charge in [-0.05, 0) is 30.4 Å². The number of ether oxygens (including phenoxy) is 1. The lowest BCUT2D eigenvalue weighted by molar-refractivity contribution is -0.155. The molecule has 0 radical (unpaired) electrons. The molecule has 0 aliphatic carbocycles. The molecule has 2 aromatic carbocycles. The number of rotatable bonds is 7. The highest BCUT2D eigenvalue weighted by atomic mass is 16.5. The number of hydrogen-bond acceptors (Lipinski definition) is 3. The highest BCUT2D eigenvalue weighted by molar-refractivity contribution is 5.82. The summed E-state index contributed by atoms with van der Waals surface area (Å²) < 4.78 is 5.46. The fourth-order valence-corrected chi connectivity index (χ4v) is 3.18. The third kappa shape index (κ3) is 4.70. The molecule has 1 N–H and O–H groups in total. The van der Waals surface area contributed by atoms with E-state index in [0.717, 1.165) is 17.5 Å². The zero-order valence-electron chi connectivity index (χ0n) is 14.6. The summed E-state index contributed by atoms with van der Waals surface area (Å²) in [6.45, 7) is 1.06. The van der Waals surface area contributed by atoms with Crippen LogP contribution in [-0.4, -0.2) is 40.6 Å². The first-order chi connectivity index (χ1) is 12.6. The number of amides is 1. The number of nitrogens with zero attached hydrogens (tertiary/aromatic N) is 1. The molecule has 0 unspecified atom stereocenters. The minimum absolute atomic E-state index is 0.131. The average Bonchev–Trinajstić information content (AvgIpc) is 3.17. The number of carboxylic acid groups (broad SMARTS) is 1. The van der Waals surface area contributed by atoms with E-state index in [0.29, 0.717) is 25.9 Å². The number of hydrogen-bond donors (Lipinski definition) is 1. The molecule has 1 heterocycles. The summed E-state index contributed by atoms with van der Waals surface area (Å²) in [6.07, 6.45) is 0.0251. The first-order valence-corrected chi connectivity index (χ1v) is 8.88. The second kappa shape index (κ2) is 8.63. The fraction of sp³-hybridized carbons (Fsp3) is 0.333. The number of benzene rings is 2. The van der Waals surface area contributed by atoms with Crippen molar-refractivity contribution in [2.45, 2.75) is 38.0 Å². The maximum absolute atomic E-state index is 12.9. The Morgan fingerprint density at radius 1 is 0.923 bits per heavy atom. The molecule has 3 rings (SSSR count). The van der Waals surface area contributed by atoms with Crippen molar-refractivity contribution in [2.75, 3.05) is 6.54 Å². The van der Waals surface area contributed by atoms with Crippen LogP contribution in [0.5, 0.6) is 0 Å². The first kappa shape index (κ1) is 18.1. The van der Waals surface area contributed by atoms with Gasteiger partial charge in [-0.2, -0.15) is 0 Å². The lowest BCUT2D eigenvalue weighted by Gasteiger charge is -2.26. The van der Waals surface area contributed by atoms with Crippen LogP contribution in [0.25, 0.3) is 0 Å². The highest BCUT2D eigenvalue weighted by Gasteiger charge is 2.36. The molecule has 1 fully saturated rings. The monoisotopic (exact) mass is 353 g/mol. The van der Waals surface area contributed by atoms with E-state index in [1.54, 1.807) is 4.90 Å². The molecule has 1 saturated heterocycles. The van der Waals surface area contributed by atoms with E-state index in [4.69, 9.17) is 9.84 Å². The van der Waals surface area contributed by atoms with Gasteiger partial charge in [0.15, 0.2) is 6.10 Å². The van der Waals surface area contributed by atoms with E-state index in [2.05, 4.69) is 0 Å². The summed E-state index contributed by atoms with van der Waals surface area (Å²) in [5, 5.41) is 9.09. The Morgan fingerprint density at radius 2 is 1.50 bits per heavy atom. The van der Waals surface area contributed by atoms with Crippen LogP contribution >= 0.6 is 0 Å². The molecule has 1 aliphatic heterocycles. The number of carbonyl (C=O) groups is 2. The molecule has 5 heteroatoms. The van der Waals surface area contributed by atoms with Gasteiger partial charge in [-0.3, -0.25) is 4.79 Å². The topological polar surface area (TPSA) is 66.8 Å². The molecule has 0 spiro atoms. The van der Waals surface area contributed by atoms with Crippen molar-refractivity contribution in [1.29, 1.82) is 0 Å². The fourth-order valence-electron chi connectivity index (χ4n) is 3.18. The van der Waals surface area contributed by atoms with Crippen molar-refractivity contribution in [3.63, 3.8) is 0 Å². The number of carbonyl (C=O) groups excluding carboxylic acids is 1. The van der Waals surface area contributed by atoms with Crippen molar-refractivity contribution in [1.82, 2.24) is 4.90 Å². The molecule has 26 heavy (non-hydrogen) atoms. The summed E-state index contributed by atoms with van der Waals surface area (Å²) in [7, 11) is 0. The van der Waals surface area contributed by atoms with Crippen LogP contribution in [0.3, 0.4) is 0 Å². The Morgan fingerprint density at radius 3 is 2.08 bits per heavy atom. The summed E-state index contributed by atoms with van der Waals surface area (Å²) in [5.41, 5.74) is 2.20. The van der Waals surface area contributed by atoms with Crippen LogP contribution in [0.15, 0.2) is 60.7 Å². The lowest BCUT2D eigenvalue weighted by atomic mass is 10.1. The van der Waals surface area contributed by atoms with Gasteiger partial charge in [-0.1, -0.05) is 60.7 Å². The van der Waals surface area contributed by atoms with Gasteiger partial charge >= 0.3 is 5.97 Å². The molecule has 1 aliphatic rings. The molecule has 0 saturated carbocycles. The van der Waals surface area contributed by atoms with Crippen molar-refractivity contribution < 1.29 is 19.4 Å². The third-order valence-corrected chi connectivity index (χ3v) is 4.61. The summed E-state index contributed by atoms with van der Waals surface area (Å²) in [6, 6.07) is 19.8. The maximum Gasteiger partial charge on any atom is 0.332 e. The minimum Gasteiger partial charge on any atom is -0.479 e. The van der Waals surface area contributed by atoms with Crippen molar-refractivity contribution in [3.05, 3.63) is 71.8 Å². The molecule has 0 aromatic heterocycles. The zero-order chi connectivity index (χ0) is 18.4. The molecule has 2 atom stereocenters. The second-order valence-corrected chi connectivity index (χ2v) is 6.51. The van der Waals surface area contributed by atoms with Crippen LogP contribution in [0.1, 0.15) is 24.0 Å². The largest absolute Gasteiger partial charge is 0.479 e. The first-order valence-electron chi connectivity index (χ1n) is 8.88. The van der Waals surface area contributed by atoms with Gasteiger partial charge in [-0.25, -0.2) is 4.79 Å². The summed E-state index contributed by atoms with van der Waals surface area (Å²) in [4.78, 5) is 25.8. The predicted octanol–water partition coefficient (Wildman–Crippen LogP) is 2.89. The van der Waals surface area contributed by atoms with Gasteiger partial charge in [0.1, 0.15) is 6.10 Å². The SMILES string of the molecule is O=C(O)[C@H]1CC[C@@H](C(=O)N(CCc2ccccc2)Cc2ccccc2)O1. The minimum atomic E-state index is -1.00. The quantitative estimate of drug-likeness (QED) is 0.831. The average molecular weight is 353 g/mol. The predicted molar refractivity (Wildman–Crippen MR) is 97.5 cm³/mol. The Balaban J connectivity index is 1.69. The zero-order valence-corrected chi connectivity index (χ0v) is 14.6. The van der Waals surface area contributed by atoms with Crippen molar-refractivity contribution in [3.8, 4) is 0 Å². The van der Waals surface area contributed by atoms with Crippen LogP contribution < -0.4 is 0 Å². The van der Waals surface area contributed by atoms with Gasteiger partial charge in [0, 0.05) is 13.1 Å². The van der Waals surface area contributed by atoms with Crippen LogP contribution in [0.2, 0.25) is 0 Å². The Labute approximate surface area is 153 Å². The maximum atomic E-state index is 12.9. The van der Waals surface area contributed by atoms with Crippen LogP contribution in [0.4, 0.5) is 0 Å². The molecule has 0 bridgehead atoms. The standard InChI is InChI=1S/C21H23NO4/c23-20(18-11-12-19(26-18)21(24)25)22(15-17-9-5-2-6-10-17)14-13-16-7-3-1-4-8-16/h1-10,18-19H,11-15H2,(H,24,25)/t18-,19+/m0/s1. The molecular formula is C21H23NO4. The Kier molecular flexibility index (Phi) is 6.02. The molecule has 1 amide bonds. The molecule has 2 aromatic rings. The molecule has 136 valence electrons. The van der Waals surface area contributed by atoms with E-state index in [-0.39, 0.29) is 5.91 Å². The van der Waals surface area contributed by atoms with Gasteiger partial charge in [0.05, 0.1) is 0 Å². The van der Waals surface area contributed by atoms with E-state index >= 15 is 0 Å². The normalized spacial score (nSPS) is 19.2. The second-order valence-electron chi connectivity index (χ2n) is 6.51. The van der Waals surface area contributed by atoms with Gasteiger partial charge in [0.2, 0.25) is 0 Å². The highest BCUT2D eigenvalue weighted by Crippen LogP contribution is 2.22. The summed E-state index contributed by atoms with van der Waals surface area (Å²) in [5.74, 6) is -1.13. The van der Waals surface area contributed by atoms with E-state index < -0.39 is 18.2 Å². The smallest absolute Gasteiger partial charge is 0.332 e. The van der Waals surface area contributed by atoms with Gasteiger partial charge in [-0.15, -0.1) is 0 Å². The Bertz CT molecular complexity index is 732. The lowest BCUT2D eigenvalue weighted by Crippen LogP contribution is -2.40. The van der Waals surface area contributed by atoms with E-state index in [9.17, 15) is 9.59 Å². The Hall–Kier alpha value is -2.66. The van der Waals surface area contributed by atoms with Crippen LogP contribution in [0, 0.1) is 0 Å². The van der Waals surface area contributed by atoms with Crippen molar-refractivity contribution in [2.24, 2.45) is 0 Å². The van der Waals surface area contributed by atoms with E-state index in [1.165, 1.54) is 0 Å². The van der Waals surface area contributed by atoms with Gasteiger partial charge in [0.25, 0.3) is 5.91 Å².